The second kappa shape index (κ2) is 15.6. The molecule has 0 spiro atoms. The van der Waals surface area contributed by atoms with E-state index in [-0.39, 0.29) is 30.2 Å². The van der Waals surface area contributed by atoms with Gasteiger partial charge in [-0.25, -0.2) is 13.2 Å². The van der Waals surface area contributed by atoms with Crippen LogP contribution in [0.1, 0.15) is 45.6 Å². The van der Waals surface area contributed by atoms with Crippen LogP contribution in [0.4, 0.5) is 4.79 Å². The van der Waals surface area contributed by atoms with Gasteiger partial charge in [0.15, 0.2) is 0 Å². The number of rotatable bonds is 17. The van der Waals surface area contributed by atoms with Crippen molar-refractivity contribution in [2.75, 3.05) is 26.8 Å². The van der Waals surface area contributed by atoms with Gasteiger partial charge in [-0.2, -0.15) is 4.31 Å². The Kier molecular flexibility index (Phi) is 12.9. The van der Waals surface area contributed by atoms with Crippen LogP contribution in [0.25, 0.3) is 0 Å². The summed E-state index contributed by atoms with van der Waals surface area (Å²) in [6.07, 6.45) is 3.24. The minimum Gasteiger partial charge on any atom is -0.497 e. The highest BCUT2D eigenvalue weighted by molar-refractivity contribution is 7.89. The third kappa shape index (κ3) is 9.62. The van der Waals surface area contributed by atoms with Gasteiger partial charge in [0.1, 0.15) is 16.4 Å². The predicted molar refractivity (Wildman–Crippen MR) is 161 cm³/mol. The van der Waals surface area contributed by atoms with Crippen LogP contribution in [-0.4, -0.2) is 78.4 Å². The molecule has 0 radical (unpaired) electrons. The lowest BCUT2D eigenvalue weighted by atomic mass is 9.94. The van der Waals surface area contributed by atoms with Crippen LogP contribution in [0.2, 0.25) is 0 Å². The van der Waals surface area contributed by atoms with Crippen LogP contribution in [0.15, 0.2) is 78.7 Å². The molecule has 9 nitrogen and oxygen atoms in total. The number of carboxylic acid groups (broad SMARTS) is 1. The zero-order valence-corrected chi connectivity index (χ0v) is 25.3. The van der Waals surface area contributed by atoms with Gasteiger partial charge in [-0.15, -0.1) is 13.2 Å². The molecular weight excluding hydrogens is 544 g/mol. The van der Waals surface area contributed by atoms with Crippen molar-refractivity contribution in [2.45, 2.75) is 69.0 Å². The van der Waals surface area contributed by atoms with Crippen molar-refractivity contribution >= 4 is 16.1 Å². The van der Waals surface area contributed by atoms with Crippen LogP contribution in [0, 0.1) is 0 Å². The van der Waals surface area contributed by atoms with Gasteiger partial charge in [0.2, 0.25) is 10.0 Å². The Hall–Kier alpha value is -3.34. The first-order valence-corrected chi connectivity index (χ1v) is 15.1. The molecule has 0 unspecified atom stereocenters. The molecule has 0 aliphatic rings. The van der Waals surface area contributed by atoms with Gasteiger partial charge in [-0.1, -0.05) is 42.5 Å². The molecule has 0 aliphatic carbocycles. The first-order chi connectivity index (χ1) is 19.4. The van der Waals surface area contributed by atoms with Crippen molar-refractivity contribution in [1.29, 1.82) is 0 Å². The summed E-state index contributed by atoms with van der Waals surface area (Å²) in [7, 11) is -2.73. The second-order valence-corrected chi connectivity index (χ2v) is 12.6. The lowest BCUT2D eigenvalue weighted by molar-refractivity contribution is 0.00183. The first-order valence-electron chi connectivity index (χ1n) is 13.6. The molecule has 2 rings (SSSR count). The Bertz CT molecular complexity index is 1240. The van der Waals surface area contributed by atoms with Gasteiger partial charge in [-0.05, 0) is 64.2 Å². The minimum atomic E-state index is -4.21. The molecular formula is C31H44N2O7S. The van der Waals surface area contributed by atoms with Gasteiger partial charge in [0.25, 0.3) is 0 Å². The zero-order valence-electron chi connectivity index (χ0n) is 24.5. The van der Waals surface area contributed by atoms with E-state index in [9.17, 15) is 23.4 Å². The van der Waals surface area contributed by atoms with Crippen LogP contribution in [-0.2, 0) is 16.4 Å². The number of aliphatic hydroxyl groups is 1. The molecule has 0 aromatic heterocycles. The number of allylic oxidation sites excluding steroid dienone is 1. The number of hydrogen-bond donors (Lipinski definition) is 2. The van der Waals surface area contributed by atoms with Gasteiger partial charge in [0, 0.05) is 24.7 Å². The van der Waals surface area contributed by atoms with Crippen molar-refractivity contribution < 1.29 is 32.9 Å². The Balaban J connectivity index is 2.47. The number of carbonyl (C=O) groups is 1. The van der Waals surface area contributed by atoms with Crippen molar-refractivity contribution in [3.63, 3.8) is 0 Å². The fourth-order valence-corrected chi connectivity index (χ4v) is 6.12. The topological polar surface area (TPSA) is 117 Å². The highest BCUT2D eigenvalue weighted by Crippen LogP contribution is 2.32. The third-order valence-electron chi connectivity index (χ3n) is 6.54. The average Bonchev–Trinajstić information content (AvgIpc) is 2.91. The highest BCUT2D eigenvalue weighted by atomic mass is 32.2. The number of aliphatic hydroxyl groups excluding tert-OH is 1. The summed E-state index contributed by atoms with van der Waals surface area (Å²) in [5.74, 6) is 0.569. The first kappa shape index (κ1) is 33.9. The predicted octanol–water partition coefficient (Wildman–Crippen LogP) is 5.36. The quantitative estimate of drug-likeness (QED) is 0.189. The second-order valence-electron chi connectivity index (χ2n) is 10.7. The molecule has 226 valence electrons. The van der Waals surface area contributed by atoms with Crippen molar-refractivity contribution in [1.82, 2.24) is 9.21 Å². The minimum absolute atomic E-state index is 0.0819. The van der Waals surface area contributed by atoms with E-state index in [1.165, 1.54) is 36.3 Å². The van der Waals surface area contributed by atoms with E-state index in [0.717, 1.165) is 22.7 Å². The molecule has 2 N–H and O–H groups in total. The number of methoxy groups -OCH3 is 1. The SMILES string of the molecule is C=CCCCCOc1cc(OC)ccc1S(=O)(=O)N(CC=C)C[C@H](O)[C@H](Cc1ccccc1)N(C(=O)O)C(C)(C)C. The van der Waals surface area contributed by atoms with Crippen LogP contribution >= 0.6 is 0 Å². The van der Waals surface area contributed by atoms with Crippen LogP contribution in [0.5, 0.6) is 11.5 Å². The average molecular weight is 589 g/mol. The molecule has 2 aromatic rings. The maximum absolute atomic E-state index is 14.0. The number of unbranched alkanes of at least 4 members (excludes halogenated alkanes) is 2. The molecule has 2 aromatic carbocycles. The van der Waals surface area contributed by atoms with E-state index in [0.29, 0.717) is 18.8 Å². The summed E-state index contributed by atoms with van der Waals surface area (Å²) in [5.41, 5.74) is -0.0516. The fraction of sp³-hybridized carbons (Fsp3) is 0.452. The smallest absolute Gasteiger partial charge is 0.408 e. The van der Waals surface area contributed by atoms with E-state index >= 15 is 0 Å². The zero-order chi connectivity index (χ0) is 30.6. The van der Waals surface area contributed by atoms with Crippen molar-refractivity contribution in [3.05, 3.63) is 79.4 Å². The normalized spacial score (nSPS) is 13.3. The van der Waals surface area contributed by atoms with Crippen LogP contribution < -0.4 is 9.47 Å². The standard InChI is InChI=1S/C31H44N2O7S/c1-7-9-10-14-20-40-28-22-25(39-6)17-18-29(28)41(37,38)32(19-8-2)23-27(34)26(21-24-15-12-11-13-16-24)33(30(35)36)31(3,4)5/h7-8,11-13,15-18,22,26-27,34H,1-2,9-10,14,19-21,23H2,3-6H3,(H,35,36)/t26-,27-/m0/s1. The summed E-state index contributed by atoms with van der Waals surface area (Å²) in [4.78, 5) is 13.5. The van der Waals surface area contributed by atoms with E-state index in [2.05, 4.69) is 13.2 Å². The molecule has 0 saturated heterocycles. The number of ether oxygens (including phenoxy) is 2. The third-order valence-corrected chi connectivity index (χ3v) is 8.42. The summed E-state index contributed by atoms with van der Waals surface area (Å²) in [6.45, 7) is 12.5. The highest BCUT2D eigenvalue weighted by Gasteiger charge is 2.39. The van der Waals surface area contributed by atoms with E-state index < -0.39 is 33.8 Å². The van der Waals surface area contributed by atoms with E-state index in [1.54, 1.807) is 20.8 Å². The molecule has 1 amide bonds. The monoisotopic (exact) mass is 588 g/mol. The maximum atomic E-state index is 14.0. The molecule has 2 atom stereocenters. The lowest BCUT2D eigenvalue weighted by Gasteiger charge is -2.42. The van der Waals surface area contributed by atoms with Crippen LogP contribution in [0.3, 0.4) is 0 Å². The van der Waals surface area contributed by atoms with Gasteiger partial charge in [0.05, 0.1) is 25.9 Å². The number of amides is 1. The van der Waals surface area contributed by atoms with E-state index in [4.69, 9.17) is 9.47 Å². The number of sulfonamides is 1. The summed E-state index contributed by atoms with van der Waals surface area (Å²) in [5, 5.41) is 21.7. The summed E-state index contributed by atoms with van der Waals surface area (Å²) in [6, 6.07) is 12.7. The molecule has 10 heteroatoms. The summed E-state index contributed by atoms with van der Waals surface area (Å²) < 4.78 is 40.3. The number of hydrogen-bond acceptors (Lipinski definition) is 6. The van der Waals surface area contributed by atoms with Gasteiger partial charge < -0.3 is 19.7 Å². The van der Waals surface area contributed by atoms with E-state index in [1.807, 2.05) is 36.4 Å². The van der Waals surface area contributed by atoms with Crippen molar-refractivity contribution in [2.24, 2.45) is 0 Å². The Morgan fingerprint density at radius 1 is 1.07 bits per heavy atom. The largest absolute Gasteiger partial charge is 0.497 e. The van der Waals surface area contributed by atoms with Gasteiger partial charge >= 0.3 is 6.09 Å². The fourth-order valence-electron chi connectivity index (χ4n) is 4.58. The molecule has 0 fully saturated rings. The maximum Gasteiger partial charge on any atom is 0.408 e. The number of benzene rings is 2. The van der Waals surface area contributed by atoms with Crippen molar-refractivity contribution in [3.8, 4) is 11.5 Å². The van der Waals surface area contributed by atoms with Gasteiger partial charge in [-0.3, -0.25) is 4.90 Å². The Morgan fingerprint density at radius 3 is 2.32 bits per heavy atom. The Labute approximate surface area is 244 Å². The molecule has 0 heterocycles. The molecule has 0 saturated carbocycles. The molecule has 0 aliphatic heterocycles. The Morgan fingerprint density at radius 2 is 1.76 bits per heavy atom. The molecule has 41 heavy (non-hydrogen) atoms. The number of nitrogens with zero attached hydrogens (tertiary/aromatic N) is 2. The molecule has 0 bridgehead atoms. The summed E-state index contributed by atoms with van der Waals surface area (Å²) >= 11 is 0. The lowest BCUT2D eigenvalue weighted by Crippen LogP contribution is -2.58.